The molecule has 3 heterocycles. The molecule has 7 heteroatoms. The Morgan fingerprint density at radius 3 is 2.52 bits per heavy atom. The number of rotatable bonds is 7. The molecule has 0 aliphatic carbocycles. The number of nitrogens with one attached hydrogen (secondary N) is 1. The van der Waals surface area contributed by atoms with Crippen molar-refractivity contribution in [3.05, 3.63) is 52.2 Å². The maximum atomic E-state index is 12.7. The largest absolute Gasteiger partial charge is 0.467 e. The number of hydrogen-bond acceptors (Lipinski definition) is 6. The van der Waals surface area contributed by atoms with Gasteiger partial charge >= 0.3 is 5.97 Å². The van der Waals surface area contributed by atoms with Crippen molar-refractivity contribution in [1.29, 1.82) is 0 Å². The molecule has 1 atom stereocenters. The zero-order valence-electron chi connectivity index (χ0n) is 18.1. The maximum Gasteiger partial charge on any atom is 0.328 e. The second-order valence-electron chi connectivity index (χ2n) is 8.39. The second-order valence-corrected chi connectivity index (χ2v) is 9.17. The van der Waals surface area contributed by atoms with E-state index in [0.717, 1.165) is 44.5 Å². The van der Waals surface area contributed by atoms with Crippen molar-refractivity contribution in [2.24, 2.45) is 0 Å². The highest BCUT2D eigenvalue weighted by Crippen LogP contribution is 2.23. The smallest absolute Gasteiger partial charge is 0.328 e. The van der Waals surface area contributed by atoms with Crippen molar-refractivity contribution in [3.63, 3.8) is 0 Å². The number of anilines is 1. The van der Waals surface area contributed by atoms with E-state index in [1.54, 1.807) is 16.2 Å². The lowest BCUT2D eigenvalue weighted by Crippen LogP contribution is -2.42. The molecule has 1 aromatic heterocycles. The average Bonchev–Trinajstić information content (AvgIpc) is 3.50. The second kappa shape index (κ2) is 10.3. The highest BCUT2D eigenvalue weighted by atomic mass is 32.1. The predicted molar refractivity (Wildman–Crippen MR) is 123 cm³/mol. The number of thiophene rings is 1. The van der Waals surface area contributed by atoms with E-state index in [0.29, 0.717) is 25.4 Å². The van der Waals surface area contributed by atoms with Crippen LogP contribution in [0.2, 0.25) is 0 Å². The number of piperidine rings is 1. The minimum absolute atomic E-state index is 0.00170. The van der Waals surface area contributed by atoms with Gasteiger partial charge in [-0.3, -0.25) is 4.79 Å². The summed E-state index contributed by atoms with van der Waals surface area (Å²) in [5.74, 6) is -0.312. The van der Waals surface area contributed by atoms with Crippen LogP contribution in [0.4, 0.5) is 5.69 Å². The van der Waals surface area contributed by atoms with Gasteiger partial charge in [0.2, 0.25) is 5.91 Å². The zero-order valence-corrected chi connectivity index (χ0v) is 18.9. The van der Waals surface area contributed by atoms with E-state index < -0.39 is 6.04 Å². The maximum absolute atomic E-state index is 12.7. The van der Waals surface area contributed by atoms with Gasteiger partial charge in [-0.2, -0.15) is 11.3 Å². The molecule has 31 heavy (non-hydrogen) atoms. The summed E-state index contributed by atoms with van der Waals surface area (Å²) < 4.78 is 4.85. The fourth-order valence-electron chi connectivity index (χ4n) is 4.54. The number of methoxy groups -OCH3 is 1. The standard InChI is InChI=1S/C24H31N3O3S/c1-30-24(29)22-3-2-11-27(22)23(28)15-18-4-6-21(7-5-18)26-12-8-20(9-13-26)25-16-19-10-14-31-17-19/h4-7,10,14,17,20,22,25H,2-3,8-9,11-13,15-16H2,1H3/t22-/m0/s1. The number of benzene rings is 1. The molecule has 2 aliphatic heterocycles. The molecule has 0 saturated carbocycles. The first-order valence-electron chi connectivity index (χ1n) is 11.1. The minimum atomic E-state index is -0.425. The Hall–Kier alpha value is -2.38. The summed E-state index contributed by atoms with van der Waals surface area (Å²) in [5.41, 5.74) is 3.56. The van der Waals surface area contributed by atoms with Gasteiger partial charge in [0, 0.05) is 37.9 Å². The molecular weight excluding hydrogens is 410 g/mol. The van der Waals surface area contributed by atoms with Gasteiger partial charge in [0.1, 0.15) is 6.04 Å². The van der Waals surface area contributed by atoms with Crippen molar-refractivity contribution in [2.45, 2.75) is 50.7 Å². The van der Waals surface area contributed by atoms with E-state index in [4.69, 9.17) is 4.74 Å². The van der Waals surface area contributed by atoms with Crippen LogP contribution in [0.15, 0.2) is 41.1 Å². The summed E-state index contributed by atoms with van der Waals surface area (Å²) in [6, 6.07) is 10.6. The molecule has 1 amide bonds. The summed E-state index contributed by atoms with van der Waals surface area (Å²) in [6.07, 6.45) is 4.13. The molecule has 0 unspecified atom stereocenters. The third kappa shape index (κ3) is 5.46. The number of carbonyl (C=O) groups is 2. The SMILES string of the molecule is COC(=O)[C@@H]1CCCN1C(=O)Cc1ccc(N2CCC(NCc3ccsc3)CC2)cc1. The third-order valence-corrected chi connectivity index (χ3v) is 7.11. The van der Waals surface area contributed by atoms with E-state index in [2.05, 4.69) is 39.2 Å². The lowest BCUT2D eigenvalue weighted by atomic mass is 10.0. The molecule has 4 rings (SSSR count). The zero-order chi connectivity index (χ0) is 21.6. The Labute approximate surface area is 188 Å². The number of carbonyl (C=O) groups excluding carboxylic acids is 2. The molecule has 0 spiro atoms. The van der Waals surface area contributed by atoms with Crippen LogP contribution < -0.4 is 10.2 Å². The monoisotopic (exact) mass is 441 g/mol. The highest BCUT2D eigenvalue weighted by Gasteiger charge is 2.34. The van der Waals surface area contributed by atoms with Crippen LogP contribution in [-0.4, -0.2) is 55.6 Å². The van der Waals surface area contributed by atoms with Crippen LogP contribution in [0.1, 0.15) is 36.8 Å². The van der Waals surface area contributed by atoms with Crippen LogP contribution in [-0.2, 0) is 27.3 Å². The van der Waals surface area contributed by atoms with E-state index >= 15 is 0 Å². The van der Waals surface area contributed by atoms with Crippen molar-refractivity contribution in [1.82, 2.24) is 10.2 Å². The average molecular weight is 442 g/mol. The number of amides is 1. The molecule has 2 aliphatic rings. The molecule has 2 fully saturated rings. The first-order chi connectivity index (χ1) is 15.1. The third-order valence-electron chi connectivity index (χ3n) is 6.37. The van der Waals surface area contributed by atoms with Crippen molar-refractivity contribution < 1.29 is 14.3 Å². The quantitative estimate of drug-likeness (QED) is 0.669. The van der Waals surface area contributed by atoms with Crippen molar-refractivity contribution in [3.8, 4) is 0 Å². The number of nitrogens with zero attached hydrogens (tertiary/aromatic N) is 2. The van der Waals surface area contributed by atoms with Crippen LogP contribution in [0.5, 0.6) is 0 Å². The van der Waals surface area contributed by atoms with Gasteiger partial charge < -0.3 is 19.9 Å². The minimum Gasteiger partial charge on any atom is -0.467 e. The van der Waals surface area contributed by atoms with E-state index in [9.17, 15) is 9.59 Å². The first kappa shape index (κ1) is 21.8. The topological polar surface area (TPSA) is 61.9 Å². The van der Waals surface area contributed by atoms with Crippen LogP contribution in [0, 0.1) is 0 Å². The molecule has 2 saturated heterocycles. The van der Waals surface area contributed by atoms with Crippen molar-refractivity contribution in [2.75, 3.05) is 31.6 Å². The van der Waals surface area contributed by atoms with E-state index in [1.807, 2.05) is 12.1 Å². The Morgan fingerprint density at radius 2 is 1.84 bits per heavy atom. The number of hydrogen-bond donors (Lipinski definition) is 1. The Balaban J connectivity index is 1.26. The Morgan fingerprint density at radius 1 is 1.06 bits per heavy atom. The molecule has 6 nitrogen and oxygen atoms in total. The molecule has 1 aromatic carbocycles. The van der Waals surface area contributed by atoms with Gasteiger partial charge in [-0.15, -0.1) is 0 Å². The van der Waals surface area contributed by atoms with Gasteiger partial charge in [-0.1, -0.05) is 12.1 Å². The molecule has 1 N–H and O–H groups in total. The van der Waals surface area contributed by atoms with Gasteiger partial charge in [0.15, 0.2) is 0 Å². The van der Waals surface area contributed by atoms with Gasteiger partial charge in [-0.25, -0.2) is 4.79 Å². The fraction of sp³-hybridized carbons (Fsp3) is 0.500. The summed E-state index contributed by atoms with van der Waals surface area (Å²) in [7, 11) is 1.38. The van der Waals surface area contributed by atoms with E-state index in [1.165, 1.54) is 18.4 Å². The molecule has 166 valence electrons. The highest BCUT2D eigenvalue weighted by molar-refractivity contribution is 7.07. The molecule has 0 radical (unpaired) electrons. The lowest BCUT2D eigenvalue weighted by Gasteiger charge is -2.34. The Kier molecular flexibility index (Phi) is 7.25. The molecule has 2 aromatic rings. The Bertz CT molecular complexity index is 861. The number of esters is 1. The lowest BCUT2D eigenvalue weighted by molar-refractivity contribution is -0.150. The summed E-state index contributed by atoms with van der Waals surface area (Å²) in [5, 5.41) is 8.00. The van der Waals surface area contributed by atoms with Crippen LogP contribution in [0.3, 0.4) is 0 Å². The van der Waals surface area contributed by atoms with Crippen molar-refractivity contribution >= 4 is 28.9 Å². The van der Waals surface area contributed by atoms with Crippen LogP contribution >= 0.6 is 11.3 Å². The molecule has 0 bridgehead atoms. The number of likely N-dealkylation sites (tertiary alicyclic amines) is 1. The predicted octanol–water partition coefficient (Wildman–Crippen LogP) is 3.21. The summed E-state index contributed by atoms with van der Waals surface area (Å²) in [4.78, 5) is 28.7. The van der Waals surface area contributed by atoms with Gasteiger partial charge in [0.05, 0.1) is 13.5 Å². The summed E-state index contributed by atoms with van der Waals surface area (Å²) in [6.45, 7) is 3.65. The van der Waals surface area contributed by atoms with Gasteiger partial charge in [0.25, 0.3) is 0 Å². The fourth-order valence-corrected chi connectivity index (χ4v) is 5.21. The summed E-state index contributed by atoms with van der Waals surface area (Å²) >= 11 is 1.75. The normalized spacial score (nSPS) is 19.6. The molecular formula is C24H31N3O3S. The van der Waals surface area contributed by atoms with Gasteiger partial charge in [-0.05, 0) is 65.8 Å². The number of ether oxygens (including phenoxy) is 1. The van der Waals surface area contributed by atoms with Crippen LogP contribution in [0.25, 0.3) is 0 Å². The first-order valence-corrected chi connectivity index (χ1v) is 12.0. The van der Waals surface area contributed by atoms with E-state index in [-0.39, 0.29) is 11.9 Å².